The lowest BCUT2D eigenvalue weighted by Gasteiger charge is -2.38. The van der Waals surface area contributed by atoms with Crippen molar-refractivity contribution in [3.8, 4) is 11.1 Å². The zero-order valence-corrected chi connectivity index (χ0v) is 75.1. The molecule has 646 valence electrons. The lowest BCUT2D eigenvalue weighted by Crippen LogP contribution is -2.53. The number of rotatable bonds is 14. The van der Waals surface area contributed by atoms with E-state index in [0.717, 1.165) is 98.0 Å². The van der Waals surface area contributed by atoms with Crippen LogP contribution < -0.4 is 36.9 Å². The number of morpholine rings is 2. The van der Waals surface area contributed by atoms with E-state index in [9.17, 15) is 43.9 Å². The molecular formula is C82H90BBr4Cl3F10N14O6. The number of halogens is 17. The van der Waals surface area contributed by atoms with Crippen LogP contribution in [-0.4, -0.2) is 175 Å². The SMILES string of the molecule is Brc1ccc(Br)cc1.CC1(C)OB(c2ccc(N)cc2)OC1(C)C.CCOCCC(F)(F)F.CCOCCC(F)(F)F.CN(c1cccc(-c2ccc(N3CCOC[C@@H]3C(F)(F)F)cc2)c1)c1nc2nncn2c2cc(Cl)ccc12.CN(c1cccc(Br)c1)c1nc2nncn2c2cc(Cl)ccc12.Cl.FC[C@H]1COCCN1.Nc1ccc(Br)cc1. The van der Waals surface area contributed by atoms with E-state index in [4.69, 9.17) is 58.4 Å². The highest BCUT2D eigenvalue weighted by Gasteiger charge is 2.52. The van der Waals surface area contributed by atoms with Gasteiger partial charge in [-0.2, -0.15) is 49.5 Å². The summed E-state index contributed by atoms with van der Waals surface area (Å²) < 4.78 is 159. The molecule has 0 bridgehead atoms. The van der Waals surface area contributed by atoms with Crippen LogP contribution in [0.2, 0.25) is 10.0 Å². The number of aromatic nitrogens is 8. The Labute approximate surface area is 739 Å². The van der Waals surface area contributed by atoms with Gasteiger partial charge in [0.2, 0.25) is 0 Å². The summed E-state index contributed by atoms with van der Waals surface area (Å²) in [7, 11) is 3.59. The molecule has 0 radical (unpaired) electrons. The second kappa shape index (κ2) is 46.7. The van der Waals surface area contributed by atoms with Crippen molar-refractivity contribution in [1.29, 1.82) is 0 Å². The van der Waals surface area contributed by atoms with E-state index in [1.165, 1.54) is 4.90 Å². The summed E-state index contributed by atoms with van der Waals surface area (Å²) in [6.45, 7) is 13.5. The number of nitrogen functional groups attached to an aromatic ring is 2. The molecule has 3 aliphatic rings. The highest BCUT2D eigenvalue weighted by Crippen LogP contribution is 2.39. The summed E-state index contributed by atoms with van der Waals surface area (Å²) >= 11 is 25.9. The maximum absolute atomic E-state index is 13.5. The Kier molecular flexibility index (Phi) is 38.6. The molecule has 0 aliphatic carbocycles. The summed E-state index contributed by atoms with van der Waals surface area (Å²) in [6, 6.07) is 55.8. The third-order valence-electron chi connectivity index (χ3n) is 18.3. The van der Waals surface area contributed by atoms with E-state index in [1.807, 2.05) is 226 Å². The molecule has 3 saturated heterocycles. The maximum Gasteiger partial charge on any atom is 0.494 e. The number of hydrogen-bond acceptors (Lipinski definition) is 18. The number of fused-ring (bicyclic) bond motifs is 6. The molecule has 20 nitrogen and oxygen atoms in total. The van der Waals surface area contributed by atoms with E-state index in [1.54, 1.807) is 43.0 Å². The smallest absolute Gasteiger partial charge is 0.399 e. The summed E-state index contributed by atoms with van der Waals surface area (Å²) in [4.78, 5) is 14.7. The fourth-order valence-corrected chi connectivity index (χ4v) is 12.8. The second-order valence-electron chi connectivity index (χ2n) is 27.5. The largest absolute Gasteiger partial charge is 0.494 e. The van der Waals surface area contributed by atoms with Crippen molar-refractivity contribution in [1.82, 2.24) is 44.5 Å². The summed E-state index contributed by atoms with van der Waals surface area (Å²) in [6.07, 6.45) is -11.0. The Bertz CT molecular complexity index is 5010. The van der Waals surface area contributed by atoms with Crippen molar-refractivity contribution in [3.05, 3.63) is 223 Å². The van der Waals surface area contributed by atoms with E-state index >= 15 is 0 Å². The zero-order valence-electron chi connectivity index (χ0n) is 66.4. The van der Waals surface area contributed by atoms with Gasteiger partial charge in [-0.1, -0.05) is 129 Å². The number of nitrogens with two attached hydrogens (primary N) is 2. The Hall–Kier alpha value is -7.75. The molecule has 3 fully saturated rings. The van der Waals surface area contributed by atoms with Crippen molar-refractivity contribution in [3.63, 3.8) is 0 Å². The molecule has 5 N–H and O–H groups in total. The fraction of sp³-hybridized carbons (Fsp3) is 0.341. The summed E-state index contributed by atoms with van der Waals surface area (Å²) in [5.74, 6) is 2.48. The number of benzene rings is 8. The minimum Gasteiger partial charge on any atom is -0.399 e. The first kappa shape index (κ1) is 99.4. The van der Waals surface area contributed by atoms with Crippen LogP contribution >= 0.6 is 99.3 Å². The number of nitrogens with one attached hydrogen (secondary N) is 1. The predicted molar refractivity (Wildman–Crippen MR) is 474 cm³/mol. The van der Waals surface area contributed by atoms with Crippen LogP contribution in [0.25, 0.3) is 44.5 Å². The van der Waals surface area contributed by atoms with Gasteiger partial charge in [-0.15, -0.1) is 32.8 Å². The van der Waals surface area contributed by atoms with Crippen LogP contribution in [0.1, 0.15) is 54.4 Å². The Morgan fingerprint density at radius 3 is 1.43 bits per heavy atom. The first-order chi connectivity index (χ1) is 56.4. The van der Waals surface area contributed by atoms with E-state index in [0.29, 0.717) is 52.9 Å². The van der Waals surface area contributed by atoms with Gasteiger partial charge in [0.1, 0.15) is 37.0 Å². The quantitative estimate of drug-likeness (QED) is 0.0399. The molecule has 4 aromatic heterocycles. The van der Waals surface area contributed by atoms with Crippen LogP contribution in [0.4, 0.5) is 84.0 Å². The van der Waals surface area contributed by atoms with Crippen molar-refractivity contribution in [2.45, 2.75) is 96.2 Å². The van der Waals surface area contributed by atoms with Gasteiger partial charge in [0.25, 0.3) is 11.6 Å². The van der Waals surface area contributed by atoms with Crippen molar-refractivity contribution in [2.24, 2.45) is 0 Å². The van der Waals surface area contributed by atoms with E-state index in [-0.39, 0.29) is 76.4 Å². The first-order valence-electron chi connectivity index (χ1n) is 37.1. The van der Waals surface area contributed by atoms with Gasteiger partial charge in [0.05, 0.1) is 80.8 Å². The number of hydrogen-bond donors (Lipinski definition) is 3. The molecule has 0 amide bonds. The minimum atomic E-state index is -4.36. The molecule has 2 atom stereocenters. The average molecular weight is 1990 g/mol. The van der Waals surface area contributed by atoms with Crippen LogP contribution in [0.15, 0.2) is 213 Å². The number of anilines is 7. The molecule has 15 rings (SSSR count). The van der Waals surface area contributed by atoms with Crippen LogP contribution in [0.3, 0.4) is 0 Å². The van der Waals surface area contributed by atoms with E-state index in [2.05, 4.69) is 104 Å². The van der Waals surface area contributed by atoms with Gasteiger partial charge in [0, 0.05) is 108 Å². The number of alkyl halides is 10. The van der Waals surface area contributed by atoms with Crippen molar-refractivity contribution < 1.29 is 72.2 Å². The lowest BCUT2D eigenvalue weighted by molar-refractivity contribution is -0.167. The molecule has 38 heteroatoms. The van der Waals surface area contributed by atoms with Gasteiger partial charge in [-0.25, -0.2) is 4.39 Å². The molecule has 0 unspecified atom stereocenters. The monoisotopic (exact) mass is 1990 g/mol. The molecular weight excluding hydrogens is 1900 g/mol. The Morgan fingerprint density at radius 1 is 0.558 bits per heavy atom. The third-order valence-corrected chi connectivity index (χ3v) is 20.8. The Balaban J connectivity index is 0.000000207. The molecule has 8 aromatic carbocycles. The van der Waals surface area contributed by atoms with Crippen molar-refractivity contribution in [2.75, 3.05) is 113 Å². The lowest BCUT2D eigenvalue weighted by atomic mass is 9.79. The van der Waals surface area contributed by atoms with Crippen LogP contribution in [0, 0.1) is 0 Å². The zero-order chi connectivity index (χ0) is 86.8. The van der Waals surface area contributed by atoms with Gasteiger partial charge in [-0.3, -0.25) is 8.80 Å². The maximum atomic E-state index is 13.5. The summed E-state index contributed by atoms with van der Waals surface area (Å²) in [5.41, 5.74) is 19.0. The van der Waals surface area contributed by atoms with Crippen LogP contribution in [-0.2, 0) is 28.3 Å². The van der Waals surface area contributed by atoms with Gasteiger partial charge in [-0.05, 0) is 198 Å². The molecule has 0 saturated carbocycles. The average Bonchev–Trinajstić information content (AvgIpc) is 1.70. The highest BCUT2D eigenvalue weighted by atomic mass is 79.9. The normalized spacial score (nSPS) is 15.4. The van der Waals surface area contributed by atoms with Crippen molar-refractivity contribution >= 4 is 185 Å². The van der Waals surface area contributed by atoms with Gasteiger partial charge in [0.15, 0.2) is 0 Å². The van der Waals surface area contributed by atoms with Gasteiger partial charge >= 0.3 is 25.6 Å². The molecule has 12 aromatic rings. The van der Waals surface area contributed by atoms with E-state index < -0.39 is 37.4 Å². The number of ether oxygens (including phenoxy) is 4. The predicted octanol–water partition coefficient (Wildman–Crippen LogP) is 21.7. The topological polar surface area (TPSA) is 215 Å². The highest BCUT2D eigenvalue weighted by molar-refractivity contribution is 9.11. The molecule has 3 aliphatic heterocycles. The Morgan fingerprint density at radius 2 is 1.01 bits per heavy atom. The summed E-state index contributed by atoms with van der Waals surface area (Å²) in [5, 5.41) is 22.2. The fourth-order valence-electron chi connectivity index (χ4n) is 11.3. The number of nitrogens with zero attached hydrogens (tertiary/aromatic N) is 11. The first-order valence-corrected chi connectivity index (χ1v) is 41.0. The third kappa shape index (κ3) is 30.3. The van der Waals surface area contributed by atoms with Crippen LogP contribution in [0.5, 0.6) is 0 Å². The minimum absolute atomic E-state index is 0. The van der Waals surface area contributed by atoms with Gasteiger partial charge < -0.3 is 59.7 Å². The second-order valence-corrected chi connectivity index (χ2v) is 32.0. The molecule has 120 heavy (non-hydrogen) atoms. The molecule has 7 heterocycles. The molecule has 0 spiro atoms. The standard InChI is InChI=1S/C27H22ClF3N6O.C16H11BrClN5.C12H18BNO2.C6H4Br2.C6H6BrN.2C5H9F3O.C5H10FNO.ClH/c1-35(25-22-10-7-19(28)14-23(22)37-16-32-34-26(37)33-25)21-4-2-3-18(13-21)17-5-8-20(9-6-17)36-11-12-38-15-24(36)27(29,30)31;1-22(12-4-2-3-10(17)7-12)15-13-6-5-11(18)8-14(13)23-9-19-21-16(23)20-15;1-11(2)12(3,4)16-13(15-11)9-5-7-10(14)8-6-9;7-5-1-2-6(8)4-3-5;7-5-1-3-6(8)4-2-5;2*1-2-9-4-3-5(6,7)8;6-3-5-4-8-2-1-7-5;/h2-10,13-14,16,24H,11-12,15H2,1H3;2-9H,1H3;5-8H,14H2,1-4H3;1-4H;1-4H,8H2;2*2-4H2,1H3;5,7H,1-4H2;1H/t24-;;;;;;;5-;/m1......0./s1.